The summed E-state index contributed by atoms with van der Waals surface area (Å²) in [7, 11) is 1.73. The Morgan fingerprint density at radius 1 is 1.44 bits per heavy atom. The van der Waals surface area contributed by atoms with Gasteiger partial charge in [-0.3, -0.25) is 4.98 Å². The molecule has 0 aliphatic heterocycles. The second-order valence-corrected chi connectivity index (χ2v) is 3.75. The van der Waals surface area contributed by atoms with E-state index in [0.717, 1.165) is 11.0 Å². The number of rotatable bonds is 3. The van der Waals surface area contributed by atoms with Crippen molar-refractivity contribution < 1.29 is 32.7 Å². The fourth-order valence-electron chi connectivity index (χ4n) is 1.71. The summed E-state index contributed by atoms with van der Waals surface area (Å²) in [5, 5.41) is 8.47. The van der Waals surface area contributed by atoms with Crippen LogP contribution < -0.4 is 5.56 Å². The number of unbranched alkanes of at least 4 members (excludes halogenated alkanes) is 1. The molecule has 0 unspecified atom stereocenters. The third-order valence-electron chi connectivity index (χ3n) is 2.60. The van der Waals surface area contributed by atoms with Crippen LogP contribution in [0.3, 0.4) is 0 Å². The largest absolute Gasteiger partial charge is 0.387 e. The Hall–Kier alpha value is -1.18. The van der Waals surface area contributed by atoms with Gasteiger partial charge in [-0.2, -0.15) is 11.7 Å². The maximum absolute atomic E-state index is 12.0. The predicted molar refractivity (Wildman–Crippen MR) is 65.2 cm³/mol. The molecule has 1 radical (unpaired) electrons. The first kappa shape index (κ1) is 14.9. The third-order valence-corrected chi connectivity index (χ3v) is 2.60. The zero-order valence-corrected chi connectivity index (χ0v) is 13.0. The number of fused-ring (bicyclic) bond motifs is 1. The molecule has 0 amide bonds. The molecule has 0 saturated heterocycles. The minimum Gasteiger partial charge on any atom is -0.387 e. The molecule has 0 aliphatic carbocycles. The summed E-state index contributed by atoms with van der Waals surface area (Å²) in [4.78, 5) is 16.3. The molecule has 1 heterocycles. The van der Waals surface area contributed by atoms with Gasteiger partial charge in [0.05, 0.1) is 17.1 Å². The number of aromatic nitrogens is 2. The molecule has 0 bridgehead atoms. The summed E-state index contributed by atoms with van der Waals surface area (Å²) in [6.45, 7) is 0. The van der Waals surface area contributed by atoms with Gasteiger partial charge in [-0.1, -0.05) is 18.6 Å². The summed E-state index contributed by atoms with van der Waals surface area (Å²) in [5.41, 5.74) is 1.90. The number of nitrogens with zero attached hydrogens (tertiary/aromatic N) is 3. The molecule has 5 heteroatoms. The standard InChI is InChI=1S/C13H12N3O.Y/c1-16-12-8-3-2-6-10(12)15-11(13(16)17)7-4-5-9-14;/h2-3,6-8H,4-5H2,1H3;/q-1;. The number of aryl methyl sites for hydroxylation is 1. The van der Waals surface area contributed by atoms with Gasteiger partial charge in [-0.15, -0.1) is 0 Å². The van der Waals surface area contributed by atoms with Crippen molar-refractivity contribution in [3.63, 3.8) is 0 Å². The second-order valence-electron chi connectivity index (χ2n) is 3.75. The van der Waals surface area contributed by atoms with Crippen molar-refractivity contribution >= 4 is 11.0 Å². The van der Waals surface area contributed by atoms with Crippen molar-refractivity contribution in [1.29, 1.82) is 5.26 Å². The molecule has 2 aromatic rings. The molecular formula is C13H12N3OY-. The number of nitriles is 1. The molecular weight excluding hydrogens is 303 g/mol. The van der Waals surface area contributed by atoms with Crippen molar-refractivity contribution in [2.75, 3.05) is 0 Å². The third kappa shape index (κ3) is 2.98. The van der Waals surface area contributed by atoms with Crippen LogP contribution >= 0.6 is 0 Å². The Kier molecular flexibility index (Phi) is 5.52. The molecule has 1 aromatic heterocycles. The predicted octanol–water partition coefficient (Wildman–Crippen LogP) is 1.79. The van der Waals surface area contributed by atoms with E-state index in [-0.39, 0.29) is 38.3 Å². The summed E-state index contributed by atoms with van der Waals surface area (Å²) >= 11 is 0. The van der Waals surface area contributed by atoms with E-state index in [1.165, 1.54) is 0 Å². The fourth-order valence-corrected chi connectivity index (χ4v) is 1.71. The maximum atomic E-state index is 12.0. The second kappa shape index (κ2) is 6.68. The van der Waals surface area contributed by atoms with Crippen LogP contribution in [0, 0.1) is 17.8 Å². The van der Waals surface area contributed by atoms with Gasteiger partial charge in [-0.05, 0) is 24.9 Å². The van der Waals surface area contributed by atoms with E-state index < -0.39 is 0 Å². The fraction of sp³-hybridized carbons (Fsp3) is 0.231. The normalized spacial score (nSPS) is 9.56. The minimum atomic E-state index is -0.123. The van der Waals surface area contributed by atoms with Crippen molar-refractivity contribution in [3.05, 3.63) is 46.7 Å². The zero-order chi connectivity index (χ0) is 12.3. The Balaban J connectivity index is 0.00000162. The molecule has 1 aromatic carbocycles. The first-order valence-corrected chi connectivity index (χ1v) is 5.40. The Bertz CT molecular complexity index is 643. The van der Waals surface area contributed by atoms with E-state index in [0.29, 0.717) is 18.5 Å². The van der Waals surface area contributed by atoms with Crippen molar-refractivity contribution in [2.45, 2.75) is 12.8 Å². The van der Waals surface area contributed by atoms with Crippen molar-refractivity contribution in [2.24, 2.45) is 7.05 Å². The van der Waals surface area contributed by atoms with Gasteiger partial charge < -0.3 is 9.36 Å². The van der Waals surface area contributed by atoms with E-state index >= 15 is 0 Å². The molecule has 4 nitrogen and oxygen atoms in total. The van der Waals surface area contributed by atoms with Crippen LogP contribution in [0.2, 0.25) is 0 Å². The number of para-hydroxylation sites is 2. The van der Waals surface area contributed by atoms with E-state index in [1.807, 2.05) is 30.3 Å². The van der Waals surface area contributed by atoms with Gasteiger partial charge in [0.25, 0.3) is 0 Å². The molecule has 18 heavy (non-hydrogen) atoms. The van der Waals surface area contributed by atoms with Crippen LogP contribution in [-0.2, 0) is 39.8 Å². The SMILES string of the molecule is Cn1c(=O)c([CH-]CCC#N)nc2ccccc21.[Y]. The van der Waals surface area contributed by atoms with Gasteiger partial charge in [-0.25, -0.2) is 0 Å². The van der Waals surface area contributed by atoms with Crippen LogP contribution in [-0.4, -0.2) is 9.55 Å². The zero-order valence-electron chi connectivity index (χ0n) is 10.1. The van der Waals surface area contributed by atoms with Gasteiger partial charge in [0.15, 0.2) is 0 Å². The summed E-state index contributed by atoms with van der Waals surface area (Å²) in [6, 6.07) is 9.54. The van der Waals surface area contributed by atoms with Crippen LogP contribution in [0.25, 0.3) is 11.0 Å². The van der Waals surface area contributed by atoms with Crippen LogP contribution in [0.1, 0.15) is 18.5 Å². The van der Waals surface area contributed by atoms with E-state index in [9.17, 15) is 4.79 Å². The smallest absolute Gasteiger partial charge is 0.117 e. The first-order valence-electron chi connectivity index (χ1n) is 5.40. The van der Waals surface area contributed by atoms with Crippen LogP contribution in [0.15, 0.2) is 29.1 Å². The topological polar surface area (TPSA) is 58.7 Å². The molecule has 0 N–H and O–H groups in total. The maximum Gasteiger partial charge on any atom is 0.117 e. The van der Waals surface area contributed by atoms with Crippen molar-refractivity contribution in [1.82, 2.24) is 9.55 Å². The summed E-state index contributed by atoms with van der Waals surface area (Å²) in [5.74, 6) is 0. The first-order chi connectivity index (χ1) is 8.24. The van der Waals surface area contributed by atoms with Crippen LogP contribution in [0.4, 0.5) is 0 Å². The molecule has 2 rings (SSSR count). The molecule has 0 spiro atoms. The average molecular weight is 315 g/mol. The van der Waals surface area contributed by atoms with Gasteiger partial charge in [0.2, 0.25) is 0 Å². The number of benzene rings is 1. The molecule has 89 valence electrons. The molecule has 0 saturated carbocycles. The molecule has 0 atom stereocenters. The van der Waals surface area contributed by atoms with E-state index in [1.54, 1.807) is 18.0 Å². The van der Waals surface area contributed by atoms with Crippen molar-refractivity contribution in [3.8, 4) is 6.07 Å². The summed E-state index contributed by atoms with van der Waals surface area (Å²) in [6.07, 6.45) is 2.67. The van der Waals surface area contributed by atoms with E-state index in [2.05, 4.69) is 4.98 Å². The minimum absolute atomic E-state index is 0. The Morgan fingerprint density at radius 2 is 2.17 bits per heavy atom. The monoisotopic (exact) mass is 315 g/mol. The van der Waals surface area contributed by atoms with Gasteiger partial charge >= 0.3 is 0 Å². The quantitative estimate of drug-likeness (QED) is 0.641. The number of hydrogen-bond donors (Lipinski definition) is 0. The average Bonchev–Trinajstić information content (AvgIpc) is 2.35. The Morgan fingerprint density at radius 3 is 2.89 bits per heavy atom. The van der Waals surface area contributed by atoms with Gasteiger partial charge in [0, 0.05) is 39.1 Å². The van der Waals surface area contributed by atoms with Crippen LogP contribution in [0.5, 0.6) is 0 Å². The molecule has 0 aliphatic rings. The molecule has 0 fully saturated rings. The van der Waals surface area contributed by atoms with Gasteiger partial charge in [0.1, 0.15) is 5.56 Å². The summed E-state index contributed by atoms with van der Waals surface area (Å²) < 4.78 is 1.58. The Labute approximate surface area is 131 Å². The van der Waals surface area contributed by atoms with E-state index in [4.69, 9.17) is 5.26 Å². The number of hydrogen-bond acceptors (Lipinski definition) is 3.